The van der Waals surface area contributed by atoms with E-state index < -0.39 is 0 Å². The van der Waals surface area contributed by atoms with Crippen molar-refractivity contribution in [3.8, 4) is 22.9 Å². The molecule has 0 saturated heterocycles. The van der Waals surface area contributed by atoms with Crippen LogP contribution in [0.25, 0.3) is 88.2 Å². The average Bonchev–Trinajstić information content (AvgIpc) is 3.66. The molecule has 0 aliphatic carbocycles. The van der Waals surface area contributed by atoms with Crippen molar-refractivity contribution in [1.29, 1.82) is 0 Å². The van der Waals surface area contributed by atoms with Gasteiger partial charge in [0.25, 0.3) is 0 Å². The van der Waals surface area contributed by atoms with Crippen LogP contribution in [-0.2, 0) is 0 Å². The second-order valence-corrected chi connectivity index (χ2v) is 11.8. The normalized spacial score (nSPS) is 11.9. The SMILES string of the molecule is c1ccc(-c2nc(-n3c4ccccc4c4c5ccccc5c5c6ccccc6n(-c6ccccc6)c5c43)nc3ccccc23)cc1. The molecule has 0 N–H and O–H groups in total. The third-order valence-electron chi connectivity index (χ3n) is 9.29. The lowest BCUT2D eigenvalue weighted by molar-refractivity contribution is 1.01. The van der Waals surface area contributed by atoms with Crippen molar-refractivity contribution >= 4 is 65.3 Å². The first-order chi connectivity index (χ1) is 22.9. The van der Waals surface area contributed by atoms with Crippen LogP contribution in [0, 0.1) is 0 Å². The Hall–Kier alpha value is -6.26. The van der Waals surface area contributed by atoms with Crippen LogP contribution in [0.4, 0.5) is 0 Å². The van der Waals surface area contributed by atoms with Gasteiger partial charge in [0, 0.05) is 38.2 Å². The summed E-state index contributed by atoms with van der Waals surface area (Å²) in [6, 6.07) is 55.7. The first kappa shape index (κ1) is 25.1. The van der Waals surface area contributed by atoms with Crippen molar-refractivity contribution < 1.29 is 0 Å². The van der Waals surface area contributed by atoms with Crippen LogP contribution >= 0.6 is 0 Å². The van der Waals surface area contributed by atoms with Gasteiger partial charge < -0.3 is 4.57 Å². The zero-order chi connectivity index (χ0) is 30.2. The maximum Gasteiger partial charge on any atom is 0.235 e. The fourth-order valence-electron chi connectivity index (χ4n) is 7.43. The smallest absolute Gasteiger partial charge is 0.235 e. The Morgan fingerprint density at radius 1 is 0.370 bits per heavy atom. The first-order valence-corrected chi connectivity index (χ1v) is 15.6. The van der Waals surface area contributed by atoms with Crippen molar-refractivity contribution in [3.05, 3.63) is 158 Å². The zero-order valence-electron chi connectivity index (χ0n) is 24.8. The monoisotopic (exact) mass is 586 g/mol. The number of benzene rings is 7. The Morgan fingerprint density at radius 3 is 1.50 bits per heavy atom. The van der Waals surface area contributed by atoms with Gasteiger partial charge in [0.15, 0.2) is 0 Å². The maximum atomic E-state index is 5.40. The number of nitrogens with zero attached hydrogens (tertiary/aromatic N) is 4. The number of hydrogen-bond acceptors (Lipinski definition) is 2. The van der Waals surface area contributed by atoms with E-state index in [-0.39, 0.29) is 0 Å². The third-order valence-corrected chi connectivity index (χ3v) is 9.29. The topological polar surface area (TPSA) is 35.6 Å². The summed E-state index contributed by atoms with van der Waals surface area (Å²) < 4.78 is 4.73. The molecule has 0 saturated carbocycles. The molecule has 0 spiro atoms. The van der Waals surface area contributed by atoms with Crippen LogP contribution < -0.4 is 0 Å². The second kappa shape index (κ2) is 9.62. The minimum absolute atomic E-state index is 0.658. The van der Waals surface area contributed by atoms with Gasteiger partial charge in [-0.3, -0.25) is 4.57 Å². The molecule has 46 heavy (non-hydrogen) atoms. The molecule has 10 rings (SSSR count). The standard InChI is InChI=1S/C42H26N4/c1-3-15-27(16-4-1)39-31-21-9-12-24-34(31)43-42(44-39)46-36-26-14-11-23-33(36)38-30-20-8-7-19-29(30)37-32-22-10-13-25-35(32)45(40(37)41(38)46)28-17-5-2-6-18-28/h1-26H. The Labute approximate surface area is 264 Å². The molecule has 214 valence electrons. The van der Waals surface area contributed by atoms with Crippen molar-refractivity contribution in [2.24, 2.45) is 0 Å². The molecule has 0 bridgehead atoms. The third kappa shape index (κ3) is 3.44. The van der Waals surface area contributed by atoms with Gasteiger partial charge in [-0.05, 0) is 41.1 Å². The lowest BCUT2D eigenvalue weighted by Gasteiger charge is -2.14. The van der Waals surface area contributed by atoms with Gasteiger partial charge in [0.1, 0.15) is 0 Å². The van der Waals surface area contributed by atoms with E-state index in [0.717, 1.165) is 44.4 Å². The number of hydrogen-bond donors (Lipinski definition) is 0. The average molecular weight is 587 g/mol. The molecule has 0 aliphatic heterocycles. The number of rotatable bonds is 3. The molecule has 0 unspecified atom stereocenters. The summed E-state index contributed by atoms with van der Waals surface area (Å²) in [5.74, 6) is 0.658. The minimum Gasteiger partial charge on any atom is -0.307 e. The van der Waals surface area contributed by atoms with Crippen molar-refractivity contribution in [3.63, 3.8) is 0 Å². The van der Waals surface area contributed by atoms with Crippen LogP contribution in [0.1, 0.15) is 0 Å². The lowest BCUT2D eigenvalue weighted by atomic mass is 9.98. The van der Waals surface area contributed by atoms with Gasteiger partial charge >= 0.3 is 0 Å². The number of para-hydroxylation sites is 4. The summed E-state index contributed by atoms with van der Waals surface area (Å²) in [5, 5.41) is 8.34. The molecule has 4 heteroatoms. The highest BCUT2D eigenvalue weighted by molar-refractivity contribution is 6.36. The fraction of sp³-hybridized carbons (Fsp3) is 0. The van der Waals surface area contributed by atoms with Gasteiger partial charge in [-0.1, -0.05) is 127 Å². The predicted octanol–water partition coefficient (Wildman–Crippen LogP) is 10.6. The molecule has 7 aromatic carbocycles. The van der Waals surface area contributed by atoms with E-state index in [4.69, 9.17) is 9.97 Å². The van der Waals surface area contributed by atoms with E-state index in [1.165, 1.54) is 37.8 Å². The highest BCUT2D eigenvalue weighted by Gasteiger charge is 2.25. The van der Waals surface area contributed by atoms with Crippen LogP contribution in [0.5, 0.6) is 0 Å². The van der Waals surface area contributed by atoms with E-state index in [1.54, 1.807) is 0 Å². The van der Waals surface area contributed by atoms with Crippen LogP contribution in [-0.4, -0.2) is 19.1 Å². The number of fused-ring (bicyclic) bond motifs is 11. The van der Waals surface area contributed by atoms with Crippen LogP contribution in [0.3, 0.4) is 0 Å². The summed E-state index contributed by atoms with van der Waals surface area (Å²) in [6.45, 7) is 0. The van der Waals surface area contributed by atoms with Crippen molar-refractivity contribution in [2.75, 3.05) is 0 Å². The summed E-state index contributed by atoms with van der Waals surface area (Å²) in [4.78, 5) is 10.7. The molecule has 3 aromatic heterocycles. The zero-order valence-corrected chi connectivity index (χ0v) is 24.8. The molecular formula is C42H26N4. The van der Waals surface area contributed by atoms with Gasteiger partial charge in [-0.2, -0.15) is 0 Å². The molecule has 3 heterocycles. The molecular weight excluding hydrogens is 560 g/mol. The van der Waals surface area contributed by atoms with Gasteiger partial charge in [-0.15, -0.1) is 0 Å². The summed E-state index contributed by atoms with van der Waals surface area (Å²) >= 11 is 0. The maximum absolute atomic E-state index is 5.40. The largest absolute Gasteiger partial charge is 0.307 e. The summed E-state index contributed by atoms with van der Waals surface area (Å²) in [5.41, 5.74) is 8.52. The van der Waals surface area contributed by atoms with Crippen LogP contribution in [0.2, 0.25) is 0 Å². The predicted molar refractivity (Wildman–Crippen MR) is 191 cm³/mol. The van der Waals surface area contributed by atoms with Gasteiger partial charge in [-0.25, -0.2) is 9.97 Å². The van der Waals surface area contributed by atoms with Crippen molar-refractivity contribution in [1.82, 2.24) is 19.1 Å². The first-order valence-electron chi connectivity index (χ1n) is 15.6. The van der Waals surface area contributed by atoms with E-state index >= 15 is 0 Å². The lowest BCUT2D eigenvalue weighted by Crippen LogP contribution is -2.05. The molecule has 0 atom stereocenters. The molecule has 0 fully saturated rings. The van der Waals surface area contributed by atoms with Gasteiger partial charge in [0.2, 0.25) is 5.95 Å². The van der Waals surface area contributed by atoms with Crippen molar-refractivity contribution in [2.45, 2.75) is 0 Å². The Bertz CT molecular complexity index is 2790. The molecule has 4 nitrogen and oxygen atoms in total. The summed E-state index contributed by atoms with van der Waals surface area (Å²) in [7, 11) is 0. The molecule has 10 aromatic rings. The number of aromatic nitrogens is 4. The highest BCUT2D eigenvalue weighted by Crippen LogP contribution is 2.46. The van der Waals surface area contributed by atoms with E-state index in [9.17, 15) is 0 Å². The second-order valence-electron chi connectivity index (χ2n) is 11.8. The van der Waals surface area contributed by atoms with E-state index in [1.807, 2.05) is 6.07 Å². The molecule has 0 aliphatic rings. The van der Waals surface area contributed by atoms with Gasteiger partial charge in [0.05, 0.1) is 33.3 Å². The van der Waals surface area contributed by atoms with Crippen LogP contribution in [0.15, 0.2) is 158 Å². The minimum atomic E-state index is 0.658. The molecule has 0 radical (unpaired) electrons. The van der Waals surface area contributed by atoms with E-state index in [2.05, 4.69) is 161 Å². The Morgan fingerprint density at radius 2 is 0.848 bits per heavy atom. The quantitative estimate of drug-likeness (QED) is 0.206. The Kier molecular flexibility index (Phi) is 5.25. The Balaban J connectivity index is 1.50. The highest BCUT2D eigenvalue weighted by atomic mass is 15.2. The fourth-order valence-corrected chi connectivity index (χ4v) is 7.43. The molecule has 0 amide bonds. The van der Waals surface area contributed by atoms with E-state index in [0.29, 0.717) is 5.95 Å². The summed E-state index contributed by atoms with van der Waals surface area (Å²) in [6.07, 6.45) is 0.